The van der Waals surface area contributed by atoms with Crippen molar-refractivity contribution in [3.63, 3.8) is 0 Å². The van der Waals surface area contributed by atoms with Crippen LogP contribution in [-0.4, -0.2) is 36.1 Å². The lowest BCUT2D eigenvalue weighted by molar-refractivity contribution is 0.252. The summed E-state index contributed by atoms with van der Waals surface area (Å²) in [5.41, 5.74) is 2.32. The number of aromatic nitrogens is 1. The van der Waals surface area contributed by atoms with Crippen LogP contribution in [-0.2, 0) is 6.54 Å². The van der Waals surface area contributed by atoms with Crippen LogP contribution >= 0.6 is 0 Å². The van der Waals surface area contributed by atoms with Crippen LogP contribution in [0.5, 0.6) is 0 Å². The summed E-state index contributed by atoms with van der Waals surface area (Å²) in [7, 11) is 0. The average molecular weight is 275 g/mol. The van der Waals surface area contributed by atoms with E-state index in [2.05, 4.69) is 47.2 Å². The Morgan fingerprint density at radius 2 is 2.10 bits per heavy atom. The van der Waals surface area contributed by atoms with Crippen LogP contribution in [0.4, 0.5) is 0 Å². The second kappa shape index (κ2) is 8.38. The van der Waals surface area contributed by atoms with Gasteiger partial charge in [0, 0.05) is 12.2 Å². The van der Waals surface area contributed by atoms with E-state index in [0.29, 0.717) is 0 Å². The molecule has 112 valence electrons. The highest BCUT2D eigenvalue weighted by Crippen LogP contribution is 2.18. The van der Waals surface area contributed by atoms with Gasteiger partial charge in [-0.05, 0) is 76.8 Å². The zero-order valence-electron chi connectivity index (χ0n) is 13.1. The molecule has 0 saturated carbocycles. The second-order valence-corrected chi connectivity index (χ2v) is 5.97. The Labute approximate surface area is 123 Å². The van der Waals surface area contributed by atoms with E-state index >= 15 is 0 Å². The Bertz CT molecular complexity index is 386. The van der Waals surface area contributed by atoms with Gasteiger partial charge in [-0.3, -0.25) is 9.88 Å². The Morgan fingerprint density at radius 1 is 1.30 bits per heavy atom. The summed E-state index contributed by atoms with van der Waals surface area (Å²) in [6.45, 7) is 10.1. The van der Waals surface area contributed by atoms with Crippen molar-refractivity contribution in [3.8, 4) is 0 Å². The van der Waals surface area contributed by atoms with Gasteiger partial charge in [0.05, 0.1) is 5.69 Å². The number of nitrogens with one attached hydrogen (secondary N) is 1. The molecule has 0 aromatic carbocycles. The van der Waals surface area contributed by atoms with E-state index in [1.165, 1.54) is 51.0 Å². The second-order valence-electron chi connectivity index (χ2n) is 5.97. The lowest BCUT2D eigenvalue weighted by atomic mass is 9.93. The van der Waals surface area contributed by atoms with Crippen LogP contribution in [0, 0.1) is 12.8 Å². The van der Waals surface area contributed by atoms with Crippen molar-refractivity contribution in [2.75, 3.05) is 26.2 Å². The van der Waals surface area contributed by atoms with E-state index < -0.39 is 0 Å². The molecule has 1 saturated heterocycles. The van der Waals surface area contributed by atoms with E-state index in [1.807, 2.05) is 0 Å². The highest BCUT2D eigenvalue weighted by Gasteiger charge is 2.13. The molecule has 3 heteroatoms. The molecular weight excluding hydrogens is 246 g/mol. The highest BCUT2D eigenvalue weighted by molar-refractivity contribution is 5.09. The number of nitrogens with zero attached hydrogens (tertiary/aromatic N) is 2. The summed E-state index contributed by atoms with van der Waals surface area (Å²) in [6, 6.07) is 6.32. The zero-order valence-corrected chi connectivity index (χ0v) is 13.1. The van der Waals surface area contributed by atoms with E-state index in [0.717, 1.165) is 24.7 Å². The molecule has 1 aliphatic rings. The number of piperidine rings is 1. The van der Waals surface area contributed by atoms with Gasteiger partial charge in [-0.15, -0.1) is 0 Å². The minimum absolute atomic E-state index is 0.951. The van der Waals surface area contributed by atoms with Crippen LogP contribution in [0.25, 0.3) is 0 Å². The summed E-state index contributed by atoms with van der Waals surface area (Å²) in [6.07, 6.45) is 5.45. The third-order valence-corrected chi connectivity index (χ3v) is 4.32. The van der Waals surface area contributed by atoms with Gasteiger partial charge in [0.25, 0.3) is 0 Å². The molecule has 0 spiro atoms. The van der Waals surface area contributed by atoms with Crippen molar-refractivity contribution in [2.24, 2.45) is 5.92 Å². The summed E-state index contributed by atoms with van der Waals surface area (Å²) in [5.74, 6) is 0.951. The molecular formula is C17H29N3. The molecule has 0 aliphatic carbocycles. The van der Waals surface area contributed by atoms with E-state index in [4.69, 9.17) is 0 Å². The van der Waals surface area contributed by atoms with E-state index in [1.54, 1.807) is 0 Å². The molecule has 2 heterocycles. The monoisotopic (exact) mass is 275 g/mol. The molecule has 0 amide bonds. The Kier molecular flexibility index (Phi) is 6.48. The molecule has 2 rings (SSSR count). The highest BCUT2D eigenvalue weighted by atomic mass is 15.1. The van der Waals surface area contributed by atoms with Crippen molar-refractivity contribution in [2.45, 2.75) is 46.1 Å². The Balaban J connectivity index is 1.71. The molecule has 1 N–H and O–H groups in total. The first kappa shape index (κ1) is 15.5. The minimum Gasteiger partial charge on any atom is -0.317 e. The van der Waals surface area contributed by atoms with Crippen LogP contribution in [0.2, 0.25) is 0 Å². The molecule has 0 radical (unpaired) electrons. The van der Waals surface area contributed by atoms with Crippen LogP contribution < -0.4 is 5.32 Å². The predicted octanol–water partition coefficient (Wildman–Crippen LogP) is 2.99. The average Bonchev–Trinajstić information content (AvgIpc) is 2.47. The van der Waals surface area contributed by atoms with Crippen molar-refractivity contribution in [1.82, 2.24) is 15.2 Å². The Hall–Kier alpha value is -0.930. The standard InChI is InChI=1S/C17H29N3/c1-3-20(14-17-8-4-6-15(2)19-17)13-5-7-16-9-11-18-12-10-16/h4,6,8,16,18H,3,5,7,9-14H2,1-2H3. The molecule has 0 bridgehead atoms. The molecule has 0 unspecified atom stereocenters. The van der Waals surface area contributed by atoms with Gasteiger partial charge in [0.1, 0.15) is 0 Å². The minimum atomic E-state index is 0.951. The molecule has 1 fully saturated rings. The van der Waals surface area contributed by atoms with Crippen LogP contribution in [0.1, 0.15) is 44.0 Å². The molecule has 0 atom stereocenters. The molecule has 3 nitrogen and oxygen atoms in total. The topological polar surface area (TPSA) is 28.2 Å². The van der Waals surface area contributed by atoms with Crippen molar-refractivity contribution < 1.29 is 0 Å². The smallest absolute Gasteiger partial charge is 0.0547 e. The van der Waals surface area contributed by atoms with Gasteiger partial charge in [0.2, 0.25) is 0 Å². The van der Waals surface area contributed by atoms with Gasteiger partial charge in [-0.2, -0.15) is 0 Å². The summed E-state index contributed by atoms with van der Waals surface area (Å²) < 4.78 is 0. The van der Waals surface area contributed by atoms with E-state index in [9.17, 15) is 0 Å². The number of pyridine rings is 1. The lowest BCUT2D eigenvalue weighted by Crippen LogP contribution is -2.29. The lowest BCUT2D eigenvalue weighted by Gasteiger charge is -2.25. The van der Waals surface area contributed by atoms with Crippen molar-refractivity contribution in [3.05, 3.63) is 29.6 Å². The molecule has 1 aromatic heterocycles. The van der Waals surface area contributed by atoms with Crippen LogP contribution in [0.3, 0.4) is 0 Å². The summed E-state index contributed by atoms with van der Waals surface area (Å²) >= 11 is 0. The van der Waals surface area contributed by atoms with Gasteiger partial charge >= 0.3 is 0 Å². The summed E-state index contributed by atoms with van der Waals surface area (Å²) in [4.78, 5) is 7.13. The first-order valence-corrected chi connectivity index (χ1v) is 8.13. The number of aryl methyl sites for hydroxylation is 1. The van der Waals surface area contributed by atoms with Crippen molar-refractivity contribution in [1.29, 1.82) is 0 Å². The first-order valence-electron chi connectivity index (χ1n) is 8.13. The van der Waals surface area contributed by atoms with Crippen molar-refractivity contribution >= 4 is 0 Å². The maximum absolute atomic E-state index is 4.61. The SMILES string of the molecule is CCN(CCCC1CCNCC1)Cc1cccc(C)n1. The zero-order chi connectivity index (χ0) is 14.2. The molecule has 1 aliphatic heterocycles. The quantitative estimate of drug-likeness (QED) is 0.829. The predicted molar refractivity (Wildman–Crippen MR) is 84.8 cm³/mol. The number of hydrogen-bond acceptors (Lipinski definition) is 3. The maximum Gasteiger partial charge on any atom is 0.0547 e. The largest absolute Gasteiger partial charge is 0.317 e. The molecule has 20 heavy (non-hydrogen) atoms. The third kappa shape index (κ3) is 5.22. The summed E-state index contributed by atoms with van der Waals surface area (Å²) in [5, 5.41) is 3.44. The van der Waals surface area contributed by atoms with Gasteiger partial charge in [-0.1, -0.05) is 13.0 Å². The maximum atomic E-state index is 4.61. The fourth-order valence-corrected chi connectivity index (χ4v) is 3.04. The van der Waals surface area contributed by atoms with Gasteiger partial charge < -0.3 is 5.32 Å². The van der Waals surface area contributed by atoms with Gasteiger partial charge in [-0.25, -0.2) is 0 Å². The van der Waals surface area contributed by atoms with Gasteiger partial charge in [0.15, 0.2) is 0 Å². The fraction of sp³-hybridized carbons (Fsp3) is 0.706. The normalized spacial score (nSPS) is 16.8. The third-order valence-electron chi connectivity index (χ3n) is 4.32. The number of rotatable bonds is 7. The fourth-order valence-electron chi connectivity index (χ4n) is 3.04. The van der Waals surface area contributed by atoms with Crippen LogP contribution in [0.15, 0.2) is 18.2 Å². The molecule has 1 aromatic rings. The van der Waals surface area contributed by atoms with E-state index in [-0.39, 0.29) is 0 Å². The first-order chi connectivity index (χ1) is 9.78. The Morgan fingerprint density at radius 3 is 2.80 bits per heavy atom. The number of hydrogen-bond donors (Lipinski definition) is 1.